The topological polar surface area (TPSA) is 66.9 Å². The molecule has 3 aromatic rings. The van der Waals surface area contributed by atoms with E-state index in [2.05, 4.69) is 20.6 Å². The molecule has 26 heavy (non-hydrogen) atoms. The first-order chi connectivity index (χ1) is 12.8. The molecule has 2 aromatic carbocycles. The van der Waals surface area contributed by atoms with E-state index in [0.717, 1.165) is 17.5 Å². The molecule has 3 rings (SSSR count). The monoisotopic (exact) mass is 346 g/mol. The van der Waals surface area contributed by atoms with Crippen molar-refractivity contribution in [2.45, 2.75) is 12.3 Å². The van der Waals surface area contributed by atoms with E-state index in [4.69, 9.17) is 0 Å². The van der Waals surface area contributed by atoms with Gasteiger partial charge in [0, 0.05) is 25.5 Å². The minimum Gasteiger partial charge on any atom is -0.355 e. The van der Waals surface area contributed by atoms with Crippen molar-refractivity contribution in [3.05, 3.63) is 90.3 Å². The quantitative estimate of drug-likeness (QED) is 0.615. The molecule has 5 heteroatoms. The predicted molar refractivity (Wildman–Crippen MR) is 103 cm³/mol. The zero-order valence-corrected chi connectivity index (χ0v) is 14.5. The minimum atomic E-state index is -0.303. The van der Waals surface area contributed by atoms with Gasteiger partial charge in [0.25, 0.3) is 0 Å². The van der Waals surface area contributed by atoms with Crippen molar-refractivity contribution in [1.82, 2.24) is 15.3 Å². The lowest BCUT2D eigenvalue weighted by molar-refractivity contribution is -0.121. The van der Waals surface area contributed by atoms with E-state index in [9.17, 15) is 4.79 Å². The lowest BCUT2D eigenvalue weighted by atomic mass is 9.90. The number of hydrogen-bond acceptors (Lipinski definition) is 4. The Morgan fingerprint density at radius 1 is 0.808 bits per heavy atom. The van der Waals surface area contributed by atoms with Crippen LogP contribution in [0.3, 0.4) is 0 Å². The third-order valence-corrected chi connectivity index (χ3v) is 4.03. The van der Waals surface area contributed by atoms with Gasteiger partial charge in [-0.15, -0.1) is 0 Å². The van der Waals surface area contributed by atoms with Gasteiger partial charge < -0.3 is 10.6 Å². The number of nitrogens with one attached hydrogen (secondary N) is 2. The highest BCUT2D eigenvalue weighted by atomic mass is 16.1. The van der Waals surface area contributed by atoms with Crippen LogP contribution in [0.5, 0.6) is 0 Å². The van der Waals surface area contributed by atoms with Crippen LogP contribution in [0.2, 0.25) is 0 Å². The van der Waals surface area contributed by atoms with Crippen LogP contribution in [-0.2, 0) is 4.79 Å². The summed E-state index contributed by atoms with van der Waals surface area (Å²) in [5.41, 5.74) is 1.99. The number of aromatic nitrogens is 2. The molecule has 0 saturated carbocycles. The fourth-order valence-corrected chi connectivity index (χ4v) is 2.78. The summed E-state index contributed by atoms with van der Waals surface area (Å²) >= 11 is 0. The molecule has 0 fully saturated rings. The molecule has 0 radical (unpaired) electrons. The van der Waals surface area contributed by atoms with Gasteiger partial charge in [-0.25, -0.2) is 9.97 Å². The zero-order chi connectivity index (χ0) is 18.0. The van der Waals surface area contributed by atoms with Gasteiger partial charge in [0.05, 0.1) is 5.92 Å². The Bertz CT molecular complexity index is 755. The summed E-state index contributed by atoms with van der Waals surface area (Å²) in [5.74, 6) is 0.312. The fourth-order valence-electron chi connectivity index (χ4n) is 2.78. The molecule has 132 valence electrons. The molecular formula is C21H22N4O. The molecule has 1 amide bonds. The van der Waals surface area contributed by atoms with Crippen molar-refractivity contribution in [2.24, 2.45) is 0 Å². The molecular weight excluding hydrogens is 324 g/mol. The summed E-state index contributed by atoms with van der Waals surface area (Å²) in [6.45, 7) is 1.29. The zero-order valence-electron chi connectivity index (χ0n) is 14.5. The lowest BCUT2D eigenvalue weighted by Gasteiger charge is -2.18. The highest BCUT2D eigenvalue weighted by Gasteiger charge is 2.21. The second-order valence-electron chi connectivity index (χ2n) is 5.90. The Balaban J connectivity index is 1.56. The van der Waals surface area contributed by atoms with E-state index in [1.807, 2.05) is 60.7 Å². The van der Waals surface area contributed by atoms with Crippen molar-refractivity contribution < 1.29 is 4.79 Å². The van der Waals surface area contributed by atoms with Crippen LogP contribution in [-0.4, -0.2) is 29.0 Å². The maximum Gasteiger partial charge on any atom is 0.232 e. The van der Waals surface area contributed by atoms with Crippen molar-refractivity contribution in [3.8, 4) is 0 Å². The highest BCUT2D eigenvalue weighted by Crippen LogP contribution is 2.24. The van der Waals surface area contributed by atoms with Gasteiger partial charge in [-0.2, -0.15) is 0 Å². The third-order valence-electron chi connectivity index (χ3n) is 4.03. The largest absolute Gasteiger partial charge is 0.355 e. The summed E-state index contributed by atoms with van der Waals surface area (Å²) in [4.78, 5) is 21.0. The Labute approximate surface area is 153 Å². The van der Waals surface area contributed by atoms with E-state index in [1.165, 1.54) is 0 Å². The van der Waals surface area contributed by atoms with Crippen molar-refractivity contribution in [3.63, 3.8) is 0 Å². The van der Waals surface area contributed by atoms with Crippen LogP contribution in [0.25, 0.3) is 0 Å². The van der Waals surface area contributed by atoms with Gasteiger partial charge in [-0.1, -0.05) is 60.7 Å². The summed E-state index contributed by atoms with van der Waals surface area (Å²) < 4.78 is 0. The Hall–Kier alpha value is -3.21. The molecule has 0 atom stereocenters. The number of benzene rings is 2. The van der Waals surface area contributed by atoms with Crippen LogP contribution in [0, 0.1) is 0 Å². The minimum absolute atomic E-state index is 0.0124. The number of nitrogens with zero attached hydrogens (tertiary/aromatic N) is 2. The molecule has 1 aromatic heterocycles. The first kappa shape index (κ1) is 17.6. The fraction of sp³-hybridized carbons (Fsp3) is 0.190. The normalized spacial score (nSPS) is 10.5. The van der Waals surface area contributed by atoms with E-state index in [-0.39, 0.29) is 11.8 Å². The molecule has 5 nitrogen and oxygen atoms in total. The Kier molecular flexibility index (Phi) is 6.31. The van der Waals surface area contributed by atoms with Crippen LogP contribution in [0.4, 0.5) is 5.95 Å². The number of anilines is 1. The van der Waals surface area contributed by atoms with Gasteiger partial charge in [0.2, 0.25) is 11.9 Å². The number of carbonyl (C=O) groups excluding carboxylic acids is 1. The molecule has 0 unspecified atom stereocenters. The predicted octanol–water partition coefficient (Wildman–Crippen LogP) is 3.23. The maximum atomic E-state index is 12.8. The third kappa shape index (κ3) is 4.89. The van der Waals surface area contributed by atoms with Gasteiger partial charge >= 0.3 is 0 Å². The average Bonchev–Trinajstić information content (AvgIpc) is 2.70. The van der Waals surface area contributed by atoms with Crippen LogP contribution >= 0.6 is 0 Å². The Morgan fingerprint density at radius 3 is 1.96 bits per heavy atom. The first-order valence-electron chi connectivity index (χ1n) is 8.73. The van der Waals surface area contributed by atoms with Crippen molar-refractivity contribution in [1.29, 1.82) is 0 Å². The van der Waals surface area contributed by atoms with E-state index in [1.54, 1.807) is 18.5 Å². The summed E-state index contributed by atoms with van der Waals surface area (Å²) in [5, 5.41) is 6.18. The molecule has 0 saturated heterocycles. The summed E-state index contributed by atoms with van der Waals surface area (Å²) in [6.07, 6.45) is 4.18. The maximum absolute atomic E-state index is 12.8. The molecule has 0 spiro atoms. The average molecular weight is 346 g/mol. The van der Waals surface area contributed by atoms with E-state index < -0.39 is 0 Å². The summed E-state index contributed by atoms with van der Waals surface area (Å²) in [7, 11) is 0. The second kappa shape index (κ2) is 9.32. The molecule has 2 N–H and O–H groups in total. The number of amides is 1. The van der Waals surface area contributed by atoms with Gasteiger partial charge in [-0.05, 0) is 23.6 Å². The van der Waals surface area contributed by atoms with E-state index >= 15 is 0 Å². The second-order valence-corrected chi connectivity index (χ2v) is 5.90. The number of rotatable bonds is 8. The van der Waals surface area contributed by atoms with Crippen LogP contribution in [0.1, 0.15) is 23.5 Å². The molecule has 0 aliphatic carbocycles. The van der Waals surface area contributed by atoms with Crippen molar-refractivity contribution in [2.75, 3.05) is 18.4 Å². The molecule has 0 bridgehead atoms. The van der Waals surface area contributed by atoms with Crippen molar-refractivity contribution >= 4 is 11.9 Å². The SMILES string of the molecule is O=C(NCCCNc1ncccn1)C(c1ccccc1)c1ccccc1. The highest BCUT2D eigenvalue weighted by molar-refractivity contribution is 5.87. The van der Waals surface area contributed by atoms with Gasteiger partial charge in [0.1, 0.15) is 0 Å². The molecule has 0 aliphatic rings. The van der Waals surface area contributed by atoms with Gasteiger partial charge in [-0.3, -0.25) is 4.79 Å². The smallest absolute Gasteiger partial charge is 0.232 e. The van der Waals surface area contributed by atoms with E-state index in [0.29, 0.717) is 19.0 Å². The first-order valence-corrected chi connectivity index (χ1v) is 8.73. The number of hydrogen-bond donors (Lipinski definition) is 2. The lowest BCUT2D eigenvalue weighted by Crippen LogP contribution is -2.31. The standard InChI is InChI=1S/C21H22N4O/c26-20(22-13-7-14-23-21-24-15-8-16-25-21)19(17-9-3-1-4-10-17)18-11-5-2-6-12-18/h1-6,8-12,15-16,19H,7,13-14H2,(H,22,26)(H,23,24,25). The van der Waals surface area contributed by atoms with Crippen LogP contribution < -0.4 is 10.6 Å². The number of carbonyl (C=O) groups is 1. The molecule has 1 heterocycles. The summed E-state index contributed by atoms with van der Waals surface area (Å²) in [6, 6.07) is 21.5. The molecule has 0 aliphatic heterocycles. The van der Waals surface area contributed by atoms with Crippen LogP contribution in [0.15, 0.2) is 79.1 Å². The van der Waals surface area contributed by atoms with Gasteiger partial charge in [0.15, 0.2) is 0 Å². The Morgan fingerprint density at radius 2 is 1.38 bits per heavy atom.